The topological polar surface area (TPSA) is 347 Å². The molecule has 0 unspecified atom stereocenters. The molecule has 0 radical (unpaired) electrons. The van der Waals surface area contributed by atoms with Gasteiger partial charge in [-0.15, -0.1) is 0 Å². The van der Waals surface area contributed by atoms with Gasteiger partial charge in [0, 0.05) is 55.6 Å². The Morgan fingerprint density at radius 3 is 1.91 bits per heavy atom. The van der Waals surface area contributed by atoms with Crippen molar-refractivity contribution in [1.82, 2.24) is 41.4 Å². The normalized spacial score (nSPS) is 12.6. The third-order valence-electron chi connectivity index (χ3n) is 11.5. The van der Waals surface area contributed by atoms with E-state index in [1.165, 1.54) is 4.90 Å². The van der Waals surface area contributed by atoms with Gasteiger partial charge in [0.05, 0.1) is 31.8 Å². The summed E-state index contributed by atoms with van der Waals surface area (Å²) in [6.07, 6.45) is -2.88. The van der Waals surface area contributed by atoms with Crippen LogP contribution >= 0.6 is 0 Å². The van der Waals surface area contributed by atoms with E-state index in [9.17, 15) is 62.5 Å². The van der Waals surface area contributed by atoms with E-state index in [1.807, 2.05) is 12.1 Å². The second kappa shape index (κ2) is 29.4. The smallest absolute Gasteiger partial charge is 0.408 e. The van der Waals surface area contributed by atoms with Crippen molar-refractivity contribution in [3.8, 4) is 11.1 Å². The number of benzene rings is 3. The van der Waals surface area contributed by atoms with Crippen molar-refractivity contribution in [1.29, 1.82) is 0 Å². The molecule has 0 spiro atoms. The standard InChI is InChI=1S/C52H63F2N9O14/c1-52(2,3)47(40-22-33(35-23-34(53)14-15-36(35)54)28-62(40)27-31-10-6-4-7-11-31)63(44(68)29-64)21-18-37(48(73)57-20-19-56-43(67)26-58-42(66)16-17-45(69)70)59-49(74)38(24-41(55)65)60-50(75)39(25-46(71)72)61-51(76)77-30-32-12-8-5-9-13-32/h4-15,22-23,28,37-39,47,64H,16-21,24-27,29-30H2,1-3H3,(H2,55,65)(H,56,67)(H,57,73)(H,58,66)(H,59,74)(H,60,75)(H,61,76)(H,69,70)(H,71,72)/t37-,38-,39-,47-/m0/s1. The average Bonchev–Trinajstić information content (AvgIpc) is 3.78. The Morgan fingerprint density at radius 2 is 1.31 bits per heavy atom. The van der Waals surface area contributed by atoms with Crippen LogP contribution in [-0.2, 0) is 61.0 Å². The number of primary amides is 1. The molecule has 3 aromatic carbocycles. The van der Waals surface area contributed by atoms with E-state index >= 15 is 4.39 Å². The molecule has 8 amide bonds. The summed E-state index contributed by atoms with van der Waals surface area (Å²) >= 11 is 0. The molecule has 414 valence electrons. The van der Waals surface area contributed by atoms with Crippen LogP contribution in [0.3, 0.4) is 0 Å². The molecule has 0 aliphatic heterocycles. The predicted octanol–water partition coefficient (Wildman–Crippen LogP) is 1.61. The van der Waals surface area contributed by atoms with E-state index in [4.69, 9.17) is 15.6 Å². The van der Waals surface area contributed by atoms with Gasteiger partial charge >= 0.3 is 18.0 Å². The highest BCUT2D eigenvalue weighted by atomic mass is 19.1. The number of amides is 8. The molecular formula is C52H63F2N9O14. The van der Waals surface area contributed by atoms with Gasteiger partial charge < -0.3 is 67.2 Å². The highest BCUT2D eigenvalue weighted by Gasteiger charge is 2.39. The Morgan fingerprint density at radius 1 is 0.701 bits per heavy atom. The van der Waals surface area contributed by atoms with Crippen LogP contribution in [0.15, 0.2) is 91.1 Å². The molecule has 0 aliphatic carbocycles. The zero-order valence-electron chi connectivity index (χ0n) is 42.5. The van der Waals surface area contributed by atoms with Crippen LogP contribution in [0.2, 0.25) is 0 Å². The van der Waals surface area contributed by atoms with Crippen molar-refractivity contribution in [2.45, 2.75) is 90.2 Å². The SMILES string of the molecule is CC(C)(C)[C@H](c1cc(-c2cc(F)ccc2F)cn1Cc1ccccc1)N(CC[C@H](NC(=O)[C@H](CC(N)=O)NC(=O)[C@H](CC(=O)O)NC(=O)OCc1ccccc1)C(=O)NCCNC(=O)CNC(=O)CCC(=O)O)C(=O)CO. The molecule has 0 saturated carbocycles. The minimum atomic E-state index is -1.92. The number of carbonyl (C=O) groups excluding carboxylic acids is 8. The third kappa shape index (κ3) is 20.1. The number of hydrogen-bond acceptors (Lipinski definition) is 12. The maximum Gasteiger partial charge on any atom is 0.408 e. The van der Waals surface area contributed by atoms with Gasteiger partial charge in [0.2, 0.25) is 41.4 Å². The number of nitrogens with two attached hydrogens (primary N) is 1. The lowest BCUT2D eigenvalue weighted by atomic mass is 9.82. The van der Waals surface area contributed by atoms with Crippen LogP contribution in [-0.4, -0.2) is 135 Å². The molecule has 0 fully saturated rings. The molecule has 11 N–H and O–H groups in total. The number of aliphatic carboxylic acids is 2. The Hall–Kier alpha value is -8.74. The number of alkyl carbamates (subject to hydrolysis) is 1. The molecule has 77 heavy (non-hydrogen) atoms. The van der Waals surface area contributed by atoms with E-state index in [2.05, 4.69) is 31.9 Å². The number of aliphatic hydroxyl groups excluding tert-OH is 1. The lowest BCUT2D eigenvalue weighted by Crippen LogP contribution is -2.58. The number of carbonyl (C=O) groups is 10. The van der Waals surface area contributed by atoms with E-state index in [-0.39, 0.29) is 43.8 Å². The molecule has 4 rings (SSSR count). The molecule has 23 nitrogen and oxygen atoms in total. The highest BCUT2D eigenvalue weighted by molar-refractivity contribution is 5.97. The summed E-state index contributed by atoms with van der Waals surface area (Å²) < 4.78 is 36.8. The van der Waals surface area contributed by atoms with Gasteiger partial charge in [-0.3, -0.25) is 43.2 Å². The predicted molar refractivity (Wildman–Crippen MR) is 270 cm³/mol. The Kier molecular flexibility index (Phi) is 23.2. The summed E-state index contributed by atoms with van der Waals surface area (Å²) in [5.41, 5.74) is 6.41. The third-order valence-corrected chi connectivity index (χ3v) is 11.5. The molecule has 25 heteroatoms. The number of halogens is 2. The summed E-state index contributed by atoms with van der Waals surface area (Å²) in [6.45, 7) is 2.62. The number of aromatic nitrogens is 1. The number of carboxylic acids is 2. The van der Waals surface area contributed by atoms with Gasteiger partial charge in [-0.25, -0.2) is 13.6 Å². The van der Waals surface area contributed by atoms with E-state index in [0.29, 0.717) is 11.3 Å². The maximum absolute atomic E-state index is 15.4. The zero-order valence-corrected chi connectivity index (χ0v) is 42.5. The van der Waals surface area contributed by atoms with Crippen molar-refractivity contribution < 1.29 is 76.8 Å². The molecular weight excluding hydrogens is 1010 g/mol. The lowest BCUT2D eigenvalue weighted by Gasteiger charge is -2.41. The molecule has 1 heterocycles. The number of ether oxygens (including phenoxy) is 1. The number of aliphatic hydroxyl groups is 1. The second-order valence-corrected chi connectivity index (χ2v) is 18.7. The summed E-state index contributed by atoms with van der Waals surface area (Å²) in [5.74, 6) is -11.1. The van der Waals surface area contributed by atoms with Crippen LogP contribution in [0.25, 0.3) is 11.1 Å². The Balaban J connectivity index is 1.68. The van der Waals surface area contributed by atoms with Crippen molar-refractivity contribution in [2.75, 3.05) is 32.8 Å². The number of nitrogens with zero attached hydrogens (tertiary/aromatic N) is 2. The van der Waals surface area contributed by atoms with Crippen LogP contribution in [0, 0.1) is 17.0 Å². The number of rotatable bonds is 29. The van der Waals surface area contributed by atoms with E-state index < -0.39 is 146 Å². The summed E-state index contributed by atoms with van der Waals surface area (Å²) in [5, 5.41) is 42.8. The lowest BCUT2D eigenvalue weighted by molar-refractivity contribution is -0.141. The Bertz CT molecular complexity index is 2740. The first-order valence-electron chi connectivity index (χ1n) is 24.2. The average molecular weight is 1080 g/mol. The first-order chi connectivity index (χ1) is 36.4. The van der Waals surface area contributed by atoms with E-state index in [0.717, 1.165) is 23.8 Å². The Labute approximate surface area is 441 Å². The van der Waals surface area contributed by atoms with Gasteiger partial charge in [0.15, 0.2) is 0 Å². The van der Waals surface area contributed by atoms with Crippen molar-refractivity contribution in [3.63, 3.8) is 0 Å². The second-order valence-electron chi connectivity index (χ2n) is 18.7. The fraction of sp³-hybridized carbons (Fsp3) is 0.385. The molecule has 4 atom stereocenters. The van der Waals surface area contributed by atoms with Crippen molar-refractivity contribution in [3.05, 3.63) is 120 Å². The fourth-order valence-electron chi connectivity index (χ4n) is 7.94. The van der Waals surface area contributed by atoms with E-state index in [1.54, 1.807) is 86.1 Å². The molecule has 0 aliphatic rings. The number of nitrogens with one attached hydrogen (secondary N) is 6. The van der Waals surface area contributed by atoms with Crippen LogP contribution < -0.4 is 37.6 Å². The monoisotopic (exact) mass is 1080 g/mol. The van der Waals surface area contributed by atoms with Crippen molar-refractivity contribution in [2.24, 2.45) is 11.1 Å². The first kappa shape index (κ1) is 60.8. The minimum Gasteiger partial charge on any atom is -0.481 e. The fourth-order valence-corrected chi connectivity index (χ4v) is 7.94. The van der Waals surface area contributed by atoms with Crippen molar-refractivity contribution >= 4 is 59.4 Å². The summed E-state index contributed by atoms with van der Waals surface area (Å²) in [6, 6.07) is 15.4. The molecule has 1 aromatic heterocycles. The largest absolute Gasteiger partial charge is 0.481 e. The van der Waals surface area contributed by atoms with Gasteiger partial charge in [-0.2, -0.15) is 0 Å². The molecule has 0 bridgehead atoms. The highest BCUT2D eigenvalue weighted by Crippen LogP contribution is 2.41. The van der Waals surface area contributed by atoms with Gasteiger partial charge in [0.25, 0.3) is 0 Å². The van der Waals surface area contributed by atoms with Crippen LogP contribution in [0.5, 0.6) is 0 Å². The molecule has 4 aromatic rings. The quantitative estimate of drug-likeness (QED) is 0.0346. The van der Waals surface area contributed by atoms with Gasteiger partial charge in [0.1, 0.15) is 43.0 Å². The van der Waals surface area contributed by atoms with Crippen LogP contribution in [0.1, 0.15) is 75.7 Å². The van der Waals surface area contributed by atoms with Gasteiger partial charge in [-0.05, 0) is 47.2 Å². The minimum absolute atomic E-state index is 0.0902. The summed E-state index contributed by atoms with van der Waals surface area (Å²) in [7, 11) is 0. The van der Waals surface area contributed by atoms with Gasteiger partial charge in [-0.1, -0.05) is 81.4 Å². The van der Waals surface area contributed by atoms with Crippen LogP contribution in [0.4, 0.5) is 13.6 Å². The number of carboxylic acid groups (broad SMARTS) is 2. The number of hydrogen-bond donors (Lipinski definition) is 10. The maximum atomic E-state index is 15.4. The summed E-state index contributed by atoms with van der Waals surface area (Å²) in [4.78, 5) is 129. The zero-order chi connectivity index (χ0) is 56.8. The first-order valence-corrected chi connectivity index (χ1v) is 24.2. The molecule has 0 saturated heterocycles.